The third kappa shape index (κ3) is 5.25. The van der Waals surface area contributed by atoms with Crippen LogP contribution in [0.3, 0.4) is 0 Å². The molecule has 2 unspecified atom stereocenters. The van der Waals surface area contributed by atoms with E-state index in [0.29, 0.717) is 31.4 Å². The number of nitrogens with zero attached hydrogens (tertiary/aromatic N) is 1. The zero-order chi connectivity index (χ0) is 20.1. The highest BCUT2D eigenvalue weighted by Crippen LogP contribution is 2.21. The van der Waals surface area contributed by atoms with Gasteiger partial charge in [0.2, 0.25) is 5.91 Å². The van der Waals surface area contributed by atoms with Crippen molar-refractivity contribution in [3.8, 4) is 5.75 Å². The number of carbonyl (C=O) groups is 2. The van der Waals surface area contributed by atoms with Crippen molar-refractivity contribution in [3.63, 3.8) is 0 Å². The minimum atomic E-state index is -0.525. The Kier molecular flexibility index (Phi) is 6.94. The van der Waals surface area contributed by atoms with Crippen LogP contribution in [-0.4, -0.2) is 54.7 Å². The number of rotatable bonds is 6. The van der Waals surface area contributed by atoms with Crippen LogP contribution in [0.15, 0.2) is 24.3 Å². The van der Waals surface area contributed by atoms with Gasteiger partial charge in [-0.1, -0.05) is 26.0 Å². The average molecular weight is 389 g/mol. The van der Waals surface area contributed by atoms with Crippen molar-refractivity contribution in [2.45, 2.75) is 70.6 Å². The third-order valence-electron chi connectivity index (χ3n) is 5.58. The van der Waals surface area contributed by atoms with E-state index in [1.807, 2.05) is 29.2 Å². The topological polar surface area (TPSA) is 67.9 Å². The van der Waals surface area contributed by atoms with Gasteiger partial charge >= 0.3 is 0 Å². The predicted octanol–water partition coefficient (Wildman–Crippen LogP) is 2.86. The molecule has 0 aromatic heterocycles. The standard InChI is InChI=1S/C22H32N2O4/c1-15(2)17-6-8-19(9-7-17)28-16(3)22(26)24-12-10-18(11-13-24)23-21(25)20-5-4-14-27-20/h6-9,15-16,18,20H,4-5,10-14H2,1-3H3,(H,23,25). The summed E-state index contributed by atoms with van der Waals surface area (Å²) >= 11 is 0. The first-order valence-electron chi connectivity index (χ1n) is 10.4. The molecule has 1 aromatic rings. The first-order chi connectivity index (χ1) is 13.4. The van der Waals surface area contributed by atoms with Crippen LogP contribution in [0.5, 0.6) is 5.75 Å². The Bertz CT molecular complexity index is 660. The molecule has 6 heteroatoms. The number of benzene rings is 1. The van der Waals surface area contributed by atoms with E-state index in [0.717, 1.165) is 25.7 Å². The van der Waals surface area contributed by atoms with Gasteiger partial charge in [0.05, 0.1) is 0 Å². The number of carbonyl (C=O) groups excluding carboxylic acids is 2. The lowest BCUT2D eigenvalue weighted by Crippen LogP contribution is -2.51. The number of hydrogen-bond acceptors (Lipinski definition) is 4. The van der Waals surface area contributed by atoms with Gasteiger partial charge in [-0.25, -0.2) is 0 Å². The number of hydrogen-bond donors (Lipinski definition) is 1. The molecule has 0 spiro atoms. The summed E-state index contributed by atoms with van der Waals surface area (Å²) in [5, 5.41) is 3.07. The molecule has 0 radical (unpaired) electrons. The van der Waals surface area contributed by atoms with E-state index in [9.17, 15) is 9.59 Å². The second-order valence-corrected chi connectivity index (χ2v) is 8.09. The van der Waals surface area contributed by atoms with Gasteiger partial charge in [0.25, 0.3) is 5.91 Å². The van der Waals surface area contributed by atoms with Crippen LogP contribution in [0, 0.1) is 0 Å². The van der Waals surface area contributed by atoms with Crippen molar-refractivity contribution in [2.24, 2.45) is 0 Å². The fourth-order valence-electron chi connectivity index (χ4n) is 3.77. The van der Waals surface area contributed by atoms with Gasteiger partial charge in [0.15, 0.2) is 6.10 Å². The molecule has 2 amide bonds. The maximum Gasteiger partial charge on any atom is 0.263 e. The smallest absolute Gasteiger partial charge is 0.263 e. The Balaban J connectivity index is 1.44. The molecule has 1 N–H and O–H groups in total. The summed E-state index contributed by atoms with van der Waals surface area (Å²) in [7, 11) is 0. The molecular weight excluding hydrogens is 356 g/mol. The highest BCUT2D eigenvalue weighted by molar-refractivity contribution is 5.82. The Morgan fingerprint density at radius 1 is 1.11 bits per heavy atom. The SMILES string of the molecule is CC(Oc1ccc(C(C)C)cc1)C(=O)N1CCC(NC(=O)C2CCCO2)CC1. The summed E-state index contributed by atoms with van der Waals surface area (Å²) < 4.78 is 11.3. The summed E-state index contributed by atoms with van der Waals surface area (Å²) in [4.78, 5) is 26.7. The van der Waals surface area contributed by atoms with Crippen molar-refractivity contribution >= 4 is 11.8 Å². The van der Waals surface area contributed by atoms with E-state index in [-0.39, 0.29) is 24.0 Å². The summed E-state index contributed by atoms with van der Waals surface area (Å²) in [6.07, 6.45) is 2.46. The fourth-order valence-corrected chi connectivity index (χ4v) is 3.77. The average Bonchev–Trinajstić information content (AvgIpc) is 3.23. The summed E-state index contributed by atoms with van der Waals surface area (Å²) in [5.74, 6) is 1.17. The molecule has 2 heterocycles. The molecule has 2 aliphatic rings. The van der Waals surface area contributed by atoms with Crippen molar-refractivity contribution in [1.82, 2.24) is 10.2 Å². The molecule has 2 aliphatic heterocycles. The van der Waals surface area contributed by atoms with E-state index in [1.54, 1.807) is 6.92 Å². The number of ether oxygens (including phenoxy) is 2. The maximum absolute atomic E-state index is 12.7. The van der Waals surface area contributed by atoms with Crippen LogP contribution in [0.2, 0.25) is 0 Å². The number of likely N-dealkylation sites (tertiary alicyclic amines) is 1. The predicted molar refractivity (Wildman–Crippen MR) is 107 cm³/mol. The van der Waals surface area contributed by atoms with E-state index in [4.69, 9.17) is 9.47 Å². The van der Waals surface area contributed by atoms with Crippen LogP contribution in [0.1, 0.15) is 57.9 Å². The maximum atomic E-state index is 12.7. The van der Waals surface area contributed by atoms with Crippen LogP contribution in [0.25, 0.3) is 0 Å². The minimum absolute atomic E-state index is 0.00293. The lowest BCUT2D eigenvalue weighted by atomic mass is 10.0. The van der Waals surface area contributed by atoms with E-state index in [2.05, 4.69) is 19.2 Å². The van der Waals surface area contributed by atoms with Gasteiger partial charge in [0.1, 0.15) is 11.9 Å². The lowest BCUT2D eigenvalue weighted by Gasteiger charge is -2.34. The molecule has 0 aliphatic carbocycles. The summed E-state index contributed by atoms with van der Waals surface area (Å²) in [6, 6.07) is 8.04. The molecule has 2 fully saturated rings. The molecule has 28 heavy (non-hydrogen) atoms. The molecule has 0 saturated carbocycles. The fraction of sp³-hybridized carbons (Fsp3) is 0.636. The van der Waals surface area contributed by atoms with Crippen molar-refractivity contribution < 1.29 is 19.1 Å². The second-order valence-electron chi connectivity index (χ2n) is 8.09. The normalized spacial score (nSPS) is 21.6. The number of nitrogens with one attached hydrogen (secondary N) is 1. The monoisotopic (exact) mass is 388 g/mol. The van der Waals surface area contributed by atoms with Crippen LogP contribution in [-0.2, 0) is 14.3 Å². The van der Waals surface area contributed by atoms with Crippen LogP contribution in [0.4, 0.5) is 0 Å². The molecule has 3 rings (SSSR count). The van der Waals surface area contributed by atoms with Gasteiger partial charge in [-0.05, 0) is 56.2 Å². The third-order valence-corrected chi connectivity index (χ3v) is 5.58. The van der Waals surface area contributed by atoms with Gasteiger partial charge in [-0.15, -0.1) is 0 Å². The second kappa shape index (κ2) is 9.41. The Hall–Kier alpha value is -2.08. The first-order valence-corrected chi connectivity index (χ1v) is 10.4. The molecule has 1 aromatic carbocycles. The highest BCUT2D eigenvalue weighted by Gasteiger charge is 2.30. The lowest BCUT2D eigenvalue weighted by molar-refractivity contribution is -0.139. The van der Waals surface area contributed by atoms with Crippen LogP contribution >= 0.6 is 0 Å². The van der Waals surface area contributed by atoms with Gasteiger partial charge in [0, 0.05) is 25.7 Å². The van der Waals surface area contributed by atoms with Crippen molar-refractivity contribution in [1.29, 1.82) is 0 Å². The zero-order valence-corrected chi connectivity index (χ0v) is 17.1. The molecule has 2 atom stereocenters. The van der Waals surface area contributed by atoms with E-state index >= 15 is 0 Å². The molecule has 0 bridgehead atoms. The van der Waals surface area contributed by atoms with Crippen LogP contribution < -0.4 is 10.1 Å². The molecule has 6 nitrogen and oxygen atoms in total. The summed E-state index contributed by atoms with van der Waals surface area (Å²) in [5.41, 5.74) is 1.25. The van der Waals surface area contributed by atoms with Crippen molar-refractivity contribution in [2.75, 3.05) is 19.7 Å². The van der Waals surface area contributed by atoms with Gasteiger partial charge < -0.3 is 19.7 Å². The van der Waals surface area contributed by atoms with Gasteiger partial charge in [-0.2, -0.15) is 0 Å². The Morgan fingerprint density at radius 2 is 1.79 bits per heavy atom. The zero-order valence-electron chi connectivity index (χ0n) is 17.1. The highest BCUT2D eigenvalue weighted by atomic mass is 16.5. The first kappa shape index (κ1) is 20.6. The number of piperidine rings is 1. The van der Waals surface area contributed by atoms with Crippen molar-refractivity contribution in [3.05, 3.63) is 29.8 Å². The largest absolute Gasteiger partial charge is 0.481 e. The summed E-state index contributed by atoms with van der Waals surface area (Å²) in [6.45, 7) is 8.03. The minimum Gasteiger partial charge on any atom is -0.481 e. The molecule has 2 saturated heterocycles. The Morgan fingerprint density at radius 3 is 2.36 bits per heavy atom. The Labute approximate surface area is 167 Å². The number of amides is 2. The molecule has 154 valence electrons. The van der Waals surface area contributed by atoms with E-state index in [1.165, 1.54) is 5.56 Å². The van der Waals surface area contributed by atoms with Gasteiger partial charge in [-0.3, -0.25) is 9.59 Å². The quantitative estimate of drug-likeness (QED) is 0.814. The van der Waals surface area contributed by atoms with E-state index < -0.39 is 6.10 Å². The molecular formula is C22H32N2O4.